The van der Waals surface area contributed by atoms with Crippen LogP contribution in [0.15, 0.2) is 66.7 Å². The SMILES string of the molecule is CS(=O)(=O)N1CCc2c(c(-c3ccc(Cl)c(NC(=O)c4ccc(F)cc4)c3)nn2CCCN2CCN(c3cccc(Cl)c3)CC2)C1. The Balaban J connectivity index is 1.18. The molecule has 0 spiro atoms. The Bertz CT molecular complexity index is 1840. The number of hydrogen-bond acceptors (Lipinski definition) is 6. The first-order valence-electron chi connectivity index (χ1n) is 15.2. The van der Waals surface area contributed by atoms with Gasteiger partial charge in [-0.2, -0.15) is 9.40 Å². The zero-order chi connectivity index (χ0) is 32.4. The summed E-state index contributed by atoms with van der Waals surface area (Å²) in [4.78, 5) is 17.7. The molecule has 1 fully saturated rings. The maximum atomic E-state index is 13.4. The lowest BCUT2D eigenvalue weighted by molar-refractivity contribution is 0.102. The number of nitrogens with one attached hydrogen (secondary N) is 1. The molecule has 1 amide bonds. The molecule has 3 heterocycles. The molecule has 4 aromatic rings. The summed E-state index contributed by atoms with van der Waals surface area (Å²) in [6.07, 6.45) is 2.66. The second kappa shape index (κ2) is 13.7. The number of carbonyl (C=O) groups is 1. The number of carbonyl (C=O) groups excluding carboxylic acids is 1. The molecule has 1 N–H and O–H groups in total. The fraction of sp³-hybridized carbons (Fsp3) is 0.333. The monoisotopic (exact) mass is 684 g/mol. The Morgan fingerprint density at radius 1 is 0.957 bits per heavy atom. The molecule has 0 unspecified atom stereocenters. The maximum Gasteiger partial charge on any atom is 0.255 e. The molecule has 1 saturated heterocycles. The second-order valence-corrected chi connectivity index (χ2v) is 14.5. The van der Waals surface area contributed by atoms with Gasteiger partial charge in [-0.25, -0.2) is 12.8 Å². The van der Waals surface area contributed by atoms with Gasteiger partial charge < -0.3 is 10.2 Å². The van der Waals surface area contributed by atoms with Crippen LogP contribution in [-0.4, -0.2) is 78.8 Å². The molecular weight excluding hydrogens is 650 g/mol. The van der Waals surface area contributed by atoms with E-state index in [2.05, 4.69) is 21.2 Å². The first kappa shape index (κ1) is 32.5. The van der Waals surface area contributed by atoms with E-state index in [1.54, 1.807) is 12.1 Å². The van der Waals surface area contributed by atoms with Gasteiger partial charge in [0.05, 0.1) is 22.7 Å². The standard InChI is InChI=1S/C33H35Cl2FN6O3S/c1-46(44,45)41-15-12-31-28(22-41)32(24-8-11-29(35)30(20-24)37-33(43)23-6-9-26(36)10-7-23)38-42(31)14-3-13-39-16-18-40(19-17-39)27-5-2-4-25(34)21-27/h2,4-11,20-21H,3,12-19,22H2,1H3,(H,37,43). The van der Waals surface area contributed by atoms with Crippen LogP contribution in [0.3, 0.4) is 0 Å². The van der Waals surface area contributed by atoms with Gasteiger partial charge in [0.1, 0.15) is 5.82 Å². The highest BCUT2D eigenvalue weighted by Gasteiger charge is 2.30. The van der Waals surface area contributed by atoms with Crippen LogP contribution >= 0.6 is 23.2 Å². The number of fused-ring (bicyclic) bond motifs is 1. The third-order valence-corrected chi connectivity index (χ3v) is 10.4. The third kappa shape index (κ3) is 7.39. The maximum absolute atomic E-state index is 13.4. The van der Waals surface area contributed by atoms with Gasteiger partial charge in [-0.1, -0.05) is 35.3 Å². The molecule has 0 aliphatic carbocycles. The number of aromatic nitrogens is 2. The fourth-order valence-corrected chi connectivity index (χ4v) is 7.21. The molecule has 2 aliphatic rings. The van der Waals surface area contributed by atoms with Gasteiger partial charge in [0.15, 0.2) is 0 Å². The molecule has 0 atom stereocenters. The van der Waals surface area contributed by atoms with Crippen molar-refractivity contribution in [1.29, 1.82) is 0 Å². The topological polar surface area (TPSA) is 90.8 Å². The summed E-state index contributed by atoms with van der Waals surface area (Å²) in [6, 6.07) is 18.5. The van der Waals surface area contributed by atoms with Crippen LogP contribution in [0.1, 0.15) is 28.0 Å². The van der Waals surface area contributed by atoms with E-state index in [-0.39, 0.29) is 6.54 Å². The lowest BCUT2D eigenvalue weighted by atomic mass is 10.0. The molecule has 13 heteroatoms. The number of benzene rings is 3. The highest BCUT2D eigenvalue weighted by molar-refractivity contribution is 7.88. The Morgan fingerprint density at radius 3 is 2.43 bits per heavy atom. The van der Waals surface area contributed by atoms with Gasteiger partial charge in [0, 0.05) is 91.9 Å². The van der Waals surface area contributed by atoms with E-state index in [9.17, 15) is 17.6 Å². The number of sulfonamides is 1. The minimum absolute atomic E-state index is 0.217. The summed E-state index contributed by atoms with van der Waals surface area (Å²) in [7, 11) is -3.41. The Hall–Kier alpha value is -3.48. The van der Waals surface area contributed by atoms with E-state index in [4.69, 9.17) is 28.3 Å². The summed E-state index contributed by atoms with van der Waals surface area (Å²) in [5, 5.41) is 8.89. The van der Waals surface area contributed by atoms with Crippen LogP contribution in [0, 0.1) is 5.82 Å². The molecule has 9 nitrogen and oxygen atoms in total. The quantitative estimate of drug-likeness (QED) is 0.241. The third-order valence-electron chi connectivity index (χ3n) is 8.55. The minimum atomic E-state index is -3.41. The van der Waals surface area contributed by atoms with Gasteiger partial charge in [0.2, 0.25) is 10.0 Å². The van der Waals surface area contributed by atoms with E-state index in [1.165, 1.54) is 34.8 Å². The normalized spacial score (nSPS) is 16.0. The molecule has 2 aliphatic heterocycles. The molecule has 46 heavy (non-hydrogen) atoms. The summed E-state index contributed by atoms with van der Waals surface area (Å²) < 4.78 is 41.8. The number of amides is 1. The van der Waals surface area contributed by atoms with Crippen LogP contribution in [0.2, 0.25) is 10.0 Å². The van der Waals surface area contributed by atoms with Crippen molar-refractivity contribution >= 4 is 50.5 Å². The molecule has 6 rings (SSSR count). The lowest BCUT2D eigenvalue weighted by Gasteiger charge is -2.36. The van der Waals surface area contributed by atoms with Crippen molar-refractivity contribution in [3.63, 3.8) is 0 Å². The second-order valence-electron chi connectivity index (χ2n) is 11.7. The van der Waals surface area contributed by atoms with Crippen molar-refractivity contribution in [2.75, 3.05) is 55.7 Å². The number of piperazine rings is 1. The molecule has 0 saturated carbocycles. The van der Waals surface area contributed by atoms with Crippen molar-refractivity contribution in [1.82, 2.24) is 19.0 Å². The van der Waals surface area contributed by atoms with Crippen molar-refractivity contribution in [2.45, 2.75) is 25.9 Å². The molecule has 0 bridgehead atoms. The smallest absolute Gasteiger partial charge is 0.255 e. The zero-order valence-corrected chi connectivity index (χ0v) is 27.8. The predicted octanol–water partition coefficient (Wildman–Crippen LogP) is 5.78. The zero-order valence-electron chi connectivity index (χ0n) is 25.4. The number of anilines is 2. The summed E-state index contributed by atoms with van der Waals surface area (Å²) in [6.45, 7) is 5.99. The van der Waals surface area contributed by atoms with E-state index in [0.717, 1.165) is 61.1 Å². The van der Waals surface area contributed by atoms with Crippen molar-refractivity contribution in [2.24, 2.45) is 0 Å². The van der Waals surface area contributed by atoms with E-state index < -0.39 is 21.7 Å². The van der Waals surface area contributed by atoms with Crippen molar-refractivity contribution in [3.8, 4) is 11.3 Å². The number of rotatable bonds is 9. The van der Waals surface area contributed by atoms with Gasteiger partial charge in [-0.15, -0.1) is 0 Å². The number of hydrogen-bond donors (Lipinski definition) is 1. The Morgan fingerprint density at radius 2 is 1.72 bits per heavy atom. The summed E-state index contributed by atoms with van der Waals surface area (Å²) in [5.74, 6) is -0.861. The van der Waals surface area contributed by atoms with Gasteiger partial charge in [-0.3, -0.25) is 14.4 Å². The fourth-order valence-electron chi connectivity index (χ4n) is 6.08. The van der Waals surface area contributed by atoms with Crippen LogP contribution in [0.25, 0.3) is 11.3 Å². The predicted molar refractivity (Wildman–Crippen MR) is 181 cm³/mol. The number of nitrogens with zero attached hydrogens (tertiary/aromatic N) is 5. The number of halogens is 3. The van der Waals surface area contributed by atoms with Crippen LogP contribution in [-0.2, 0) is 29.5 Å². The van der Waals surface area contributed by atoms with Gasteiger partial charge in [-0.05, 0) is 61.0 Å². The average Bonchev–Trinajstić information content (AvgIpc) is 3.40. The summed E-state index contributed by atoms with van der Waals surface area (Å²) in [5.41, 5.74) is 5.06. The van der Waals surface area contributed by atoms with Gasteiger partial charge >= 0.3 is 0 Å². The largest absolute Gasteiger partial charge is 0.369 e. The van der Waals surface area contributed by atoms with E-state index in [1.807, 2.05) is 28.9 Å². The van der Waals surface area contributed by atoms with Crippen molar-refractivity contribution in [3.05, 3.63) is 99.4 Å². The van der Waals surface area contributed by atoms with E-state index in [0.29, 0.717) is 47.0 Å². The summed E-state index contributed by atoms with van der Waals surface area (Å²) >= 11 is 12.7. The highest BCUT2D eigenvalue weighted by atomic mass is 35.5. The Labute approximate surface area is 278 Å². The van der Waals surface area contributed by atoms with Crippen LogP contribution in [0.4, 0.5) is 15.8 Å². The van der Waals surface area contributed by atoms with Gasteiger partial charge in [0.25, 0.3) is 5.91 Å². The lowest BCUT2D eigenvalue weighted by Crippen LogP contribution is -2.46. The van der Waals surface area contributed by atoms with E-state index >= 15 is 0 Å². The average molecular weight is 686 g/mol. The first-order valence-corrected chi connectivity index (χ1v) is 17.8. The number of aryl methyl sites for hydroxylation is 1. The molecule has 242 valence electrons. The van der Waals surface area contributed by atoms with Crippen LogP contribution in [0.5, 0.6) is 0 Å². The molecular formula is C33H35Cl2FN6O3S. The molecule has 0 radical (unpaired) electrons. The molecule has 1 aromatic heterocycles. The first-order chi connectivity index (χ1) is 22.0. The highest BCUT2D eigenvalue weighted by Crippen LogP contribution is 2.35. The van der Waals surface area contributed by atoms with Crippen molar-refractivity contribution < 1.29 is 17.6 Å². The van der Waals surface area contributed by atoms with Crippen LogP contribution < -0.4 is 10.2 Å². The Kier molecular flexibility index (Phi) is 9.67. The molecule has 3 aromatic carbocycles. The minimum Gasteiger partial charge on any atom is -0.369 e.